The Morgan fingerprint density at radius 2 is 1.62 bits per heavy atom. The van der Waals surface area contributed by atoms with Crippen molar-refractivity contribution >= 4 is 39.8 Å². The van der Waals surface area contributed by atoms with Crippen LogP contribution in [-0.4, -0.2) is 21.4 Å². The minimum Gasteiger partial charge on any atom is -0.397 e. The van der Waals surface area contributed by atoms with Crippen molar-refractivity contribution in [2.45, 2.75) is 6.18 Å². The normalized spacial score (nSPS) is 11.4. The van der Waals surface area contributed by atoms with Crippen LogP contribution in [0.5, 0.6) is 0 Å². The fraction of sp³-hybridized carbons (Fsp3) is 0.0690. The van der Waals surface area contributed by atoms with Crippen molar-refractivity contribution in [3.05, 3.63) is 112 Å². The van der Waals surface area contributed by atoms with Gasteiger partial charge in [0, 0.05) is 35.4 Å². The summed E-state index contributed by atoms with van der Waals surface area (Å²) in [5.74, 6) is -0.966. The Bertz CT molecular complexity index is 1820. The van der Waals surface area contributed by atoms with Crippen molar-refractivity contribution in [1.82, 2.24) is 9.55 Å². The molecule has 0 atom stereocenters. The molecule has 0 unspecified atom stereocenters. The number of nitrogens with one attached hydrogen (secondary N) is 3. The maximum atomic E-state index is 13.3. The van der Waals surface area contributed by atoms with Crippen LogP contribution in [0.25, 0.3) is 22.0 Å². The molecule has 11 heteroatoms. The van der Waals surface area contributed by atoms with Gasteiger partial charge in [-0.3, -0.25) is 14.4 Å². The van der Waals surface area contributed by atoms with Gasteiger partial charge in [-0.2, -0.15) is 13.2 Å². The second-order valence-electron chi connectivity index (χ2n) is 9.08. The molecule has 0 spiro atoms. The third kappa shape index (κ3) is 5.17. The molecule has 3 aromatic carbocycles. The number of benzene rings is 3. The Morgan fingerprint density at radius 3 is 2.33 bits per heavy atom. The van der Waals surface area contributed by atoms with E-state index >= 15 is 0 Å². The fourth-order valence-electron chi connectivity index (χ4n) is 4.26. The Labute approximate surface area is 225 Å². The molecule has 0 aliphatic heterocycles. The fourth-order valence-corrected chi connectivity index (χ4v) is 4.26. The van der Waals surface area contributed by atoms with Crippen molar-refractivity contribution in [3.8, 4) is 11.1 Å². The van der Waals surface area contributed by atoms with Gasteiger partial charge in [-0.15, -0.1) is 0 Å². The maximum absolute atomic E-state index is 13.3. The lowest BCUT2D eigenvalue weighted by molar-refractivity contribution is -0.137. The summed E-state index contributed by atoms with van der Waals surface area (Å²) in [6, 6.07) is 19.1. The lowest BCUT2D eigenvalue weighted by Crippen LogP contribution is -2.17. The number of amides is 2. The molecule has 0 radical (unpaired) electrons. The summed E-state index contributed by atoms with van der Waals surface area (Å²) in [7, 11) is 1.48. The van der Waals surface area contributed by atoms with Crippen LogP contribution in [0, 0.1) is 0 Å². The Hall–Kier alpha value is -5.32. The predicted octanol–water partition coefficient (Wildman–Crippen LogP) is 5.64. The number of nitrogens with zero attached hydrogens (tertiary/aromatic N) is 1. The first kappa shape index (κ1) is 26.3. The number of pyridine rings is 1. The zero-order chi connectivity index (χ0) is 28.6. The van der Waals surface area contributed by atoms with E-state index in [9.17, 15) is 27.6 Å². The number of aromatic amines is 1. The van der Waals surface area contributed by atoms with Gasteiger partial charge >= 0.3 is 6.18 Å². The van der Waals surface area contributed by atoms with Gasteiger partial charge in [-0.05, 0) is 60.2 Å². The van der Waals surface area contributed by atoms with E-state index in [1.54, 1.807) is 24.3 Å². The van der Waals surface area contributed by atoms with E-state index in [4.69, 9.17) is 5.73 Å². The van der Waals surface area contributed by atoms with Crippen molar-refractivity contribution in [2.75, 3.05) is 16.4 Å². The number of nitrogen functional groups attached to an aromatic ring is 1. The summed E-state index contributed by atoms with van der Waals surface area (Å²) >= 11 is 0. The van der Waals surface area contributed by atoms with Gasteiger partial charge in [0.2, 0.25) is 0 Å². The molecule has 0 saturated heterocycles. The maximum Gasteiger partial charge on any atom is 0.416 e. The Morgan fingerprint density at radius 1 is 0.900 bits per heavy atom. The van der Waals surface area contributed by atoms with Crippen LogP contribution in [-0.2, 0) is 13.2 Å². The molecule has 5 rings (SSSR count). The first-order valence-corrected chi connectivity index (χ1v) is 12.0. The number of nitrogens with two attached hydrogens (primary N) is 1. The van der Waals surface area contributed by atoms with Crippen molar-refractivity contribution in [1.29, 1.82) is 0 Å². The molecule has 2 heterocycles. The molecule has 202 valence electrons. The number of para-hydroxylation sites is 2. The molecule has 0 aliphatic rings. The van der Waals surface area contributed by atoms with Crippen molar-refractivity contribution in [3.63, 3.8) is 0 Å². The second kappa shape index (κ2) is 10.1. The van der Waals surface area contributed by atoms with Crippen LogP contribution in [0.4, 0.5) is 30.2 Å². The highest BCUT2D eigenvalue weighted by molar-refractivity contribution is 6.09. The molecule has 2 aromatic heterocycles. The number of halogens is 3. The molecule has 8 nitrogen and oxygen atoms in total. The zero-order valence-electron chi connectivity index (χ0n) is 21.0. The molecule has 0 fully saturated rings. The lowest BCUT2D eigenvalue weighted by Gasteiger charge is -2.10. The number of carbonyl (C=O) groups excluding carboxylic acids is 2. The summed E-state index contributed by atoms with van der Waals surface area (Å²) in [5.41, 5.74) is 6.91. The number of hydrogen-bond acceptors (Lipinski definition) is 4. The van der Waals surface area contributed by atoms with Crippen LogP contribution in [0.3, 0.4) is 0 Å². The van der Waals surface area contributed by atoms with E-state index < -0.39 is 23.2 Å². The largest absolute Gasteiger partial charge is 0.416 e. The summed E-state index contributed by atoms with van der Waals surface area (Å²) < 4.78 is 41.1. The Kier molecular flexibility index (Phi) is 6.64. The molecule has 5 N–H and O–H groups in total. The van der Waals surface area contributed by atoms with Gasteiger partial charge in [-0.1, -0.05) is 24.3 Å². The topological polar surface area (TPSA) is 122 Å². The smallest absolute Gasteiger partial charge is 0.397 e. The number of carbonyl (C=O) groups is 2. The van der Waals surface area contributed by atoms with E-state index in [1.165, 1.54) is 60.3 Å². The number of aryl methyl sites for hydroxylation is 1. The molecular formula is C29H22F3N5O3. The summed E-state index contributed by atoms with van der Waals surface area (Å²) in [5, 5.41) is 5.71. The van der Waals surface area contributed by atoms with Crippen LogP contribution >= 0.6 is 0 Å². The molecular weight excluding hydrogens is 523 g/mol. The summed E-state index contributed by atoms with van der Waals surface area (Å²) in [6.45, 7) is 0. The van der Waals surface area contributed by atoms with Crippen LogP contribution in [0.1, 0.15) is 26.4 Å². The SMILES string of the molecule is Cn1cc(-c2cccc(C(F)(F)F)c2)c2cc(C(=O)Nc3ccc(C(=O)Nc4ccccc4N)cc3)[nH]c2c1=O. The number of alkyl halides is 3. The highest BCUT2D eigenvalue weighted by atomic mass is 19.4. The van der Waals surface area contributed by atoms with Gasteiger partial charge in [0.25, 0.3) is 17.4 Å². The van der Waals surface area contributed by atoms with Gasteiger partial charge in [0.05, 0.1) is 16.9 Å². The summed E-state index contributed by atoms with van der Waals surface area (Å²) in [4.78, 5) is 41.1. The van der Waals surface area contributed by atoms with Crippen molar-refractivity contribution in [2.24, 2.45) is 7.05 Å². The standard InChI is InChI=1S/C29H22F3N5O3/c1-37-15-21(17-5-4-6-18(13-17)29(30,31)32)20-14-24(35-25(20)28(37)40)27(39)34-19-11-9-16(10-12-19)26(38)36-23-8-3-2-7-22(23)33/h2-15,35H,33H2,1H3,(H,34,39)(H,36,38). The molecule has 0 aliphatic carbocycles. The van der Waals surface area contributed by atoms with Gasteiger partial charge in [0.15, 0.2) is 0 Å². The third-order valence-corrected chi connectivity index (χ3v) is 6.32. The first-order chi connectivity index (χ1) is 19.0. The van der Waals surface area contributed by atoms with E-state index in [0.29, 0.717) is 33.6 Å². The molecule has 40 heavy (non-hydrogen) atoms. The predicted molar refractivity (Wildman–Crippen MR) is 147 cm³/mol. The zero-order valence-corrected chi connectivity index (χ0v) is 21.0. The van der Waals surface area contributed by atoms with E-state index in [0.717, 1.165) is 12.1 Å². The second-order valence-corrected chi connectivity index (χ2v) is 9.08. The van der Waals surface area contributed by atoms with Gasteiger partial charge in [-0.25, -0.2) is 0 Å². The lowest BCUT2D eigenvalue weighted by atomic mass is 10.0. The number of fused-ring (bicyclic) bond motifs is 1. The van der Waals surface area contributed by atoms with Crippen molar-refractivity contribution < 1.29 is 22.8 Å². The molecule has 0 saturated carbocycles. The minimum absolute atomic E-state index is 0.0351. The Balaban J connectivity index is 1.40. The quantitative estimate of drug-likeness (QED) is 0.214. The summed E-state index contributed by atoms with van der Waals surface area (Å²) in [6.07, 6.45) is -3.10. The molecule has 5 aromatic rings. The van der Waals surface area contributed by atoms with Gasteiger partial charge < -0.3 is 25.9 Å². The number of rotatable bonds is 5. The van der Waals surface area contributed by atoms with Crippen LogP contribution in [0.2, 0.25) is 0 Å². The number of H-pyrrole nitrogens is 1. The number of aromatic nitrogens is 2. The molecule has 2 amide bonds. The van der Waals surface area contributed by atoms with E-state index in [-0.39, 0.29) is 22.7 Å². The first-order valence-electron chi connectivity index (χ1n) is 12.0. The average Bonchev–Trinajstić information content (AvgIpc) is 3.38. The third-order valence-electron chi connectivity index (χ3n) is 6.32. The van der Waals surface area contributed by atoms with Gasteiger partial charge in [0.1, 0.15) is 11.2 Å². The highest BCUT2D eigenvalue weighted by Crippen LogP contribution is 2.34. The number of hydrogen-bond donors (Lipinski definition) is 4. The van der Waals surface area contributed by atoms with Crippen LogP contribution in [0.15, 0.2) is 89.9 Å². The number of anilines is 3. The minimum atomic E-state index is -4.54. The van der Waals surface area contributed by atoms with E-state index in [1.807, 2.05) is 0 Å². The highest BCUT2D eigenvalue weighted by Gasteiger charge is 2.30. The average molecular weight is 546 g/mol. The molecule has 0 bridgehead atoms. The van der Waals surface area contributed by atoms with Crippen LogP contribution < -0.4 is 21.9 Å². The monoisotopic (exact) mass is 545 g/mol. The van der Waals surface area contributed by atoms with E-state index in [2.05, 4.69) is 15.6 Å².